The number of hydrogen-bond acceptors (Lipinski definition) is 6. The highest BCUT2D eigenvalue weighted by Crippen LogP contribution is 2.36. The molecule has 2 aliphatic carbocycles. The van der Waals surface area contributed by atoms with Crippen molar-refractivity contribution in [3.8, 4) is 11.5 Å². The molecule has 2 fully saturated rings. The molecule has 0 aromatic carbocycles. The van der Waals surface area contributed by atoms with Gasteiger partial charge in [-0.15, -0.1) is 0 Å². The van der Waals surface area contributed by atoms with Crippen LogP contribution >= 0.6 is 0 Å². The largest absolute Gasteiger partial charge is 0.489 e. The summed E-state index contributed by atoms with van der Waals surface area (Å²) in [6.07, 6.45) is 19.3. The molecular formula is C40H62N2O4. The van der Waals surface area contributed by atoms with Crippen molar-refractivity contribution < 1.29 is 18.9 Å². The molecule has 4 rings (SSSR count). The predicted molar refractivity (Wildman–Crippen MR) is 188 cm³/mol. The molecular weight excluding hydrogens is 572 g/mol. The van der Waals surface area contributed by atoms with Crippen LogP contribution in [0, 0.1) is 10.8 Å². The Morgan fingerprint density at radius 3 is 1.78 bits per heavy atom. The van der Waals surface area contributed by atoms with E-state index in [9.17, 15) is 0 Å². The van der Waals surface area contributed by atoms with Crippen LogP contribution in [0.3, 0.4) is 0 Å². The summed E-state index contributed by atoms with van der Waals surface area (Å²) in [6.45, 7) is 22.3. The molecule has 0 atom stereocenters. The Bertz CT molecular complexity index is 1230. The molecule has 2 aromatic heterocycles. The zero-order valence-electron chi connectivity index (χ0n) is 30.5. The van der Waals surface area contributed by atoms with Crippen molar-refractivity contribution in [3.05, 3.63) is 54.1 Å². The Kier molecular flexibility index (Phi) is 12.0. The third-order valence-electron chi connectivity index (χ3n) is 8.99. The molecule has 46 heavy (non-hydrogen) atoms. The summed E-state index contributed by atoms with van der Waals surface area (Å²) in [4.78, 5) is 9.23. The molecule has 0 N–H and O–H groups in total. The lowest BCUT2D eigenvalue weighted by Crippen LogP contribution is -2.44. The summed E-state index contributed by atoms with van der Waals surface area (Å²) >= 11 is 0. The molecule has 0 amide bonds. The van der Waals surface area contributed by atoms with E-state index >= 15 is 0 Å². The van der Waals surface area contributed by atoms with Crippen LogP contribution in [0.1, 0.15) is 138 Å². The first kappa shape index (κ1) is 36.4. The summed E-state index contributed by atoms with van der Waals surface area (Å²) in [6, 6.07) is 8.24. The Morgan fingerprint density at radius 1 is 0.674 bits per heavy atom. The Labute approximate surface area is 280 Å². The highest BCUT2D eigenvalue weighted by Gasteiger charge is 2.37. The highest BCUT2D eigenvalue weighted by molar-refractivity contribution is 5.45. The van der Waals surface area contributed by atoms with Crippen LogP contribution in [0.15, 0.2) is 42.7 Å². The molecule has 6 nitrogen and oxygen atoms in total. The molecule has 2 saturated carbocycles. The van der Waals surface area contributed by atoms with Crippen LogP contribution in [-0.2, 0) is 15.9 Å². The zero-order valence-corrected chi connectivity index (χ0v) is 30.5. The number of nitrogens with zero attached hydrogens (tertiary/aromatic N) is 2. The van der Waals surface area contributed by atoms with E-state index in [1.54, 1.807) is 0 Å². The van der Waals surface area contributed by atoms with Crippen LogP contribution < -0.4 is 9.47 Å². The maximum absolute atomic E-state index is 6.54. The molecule has 0 unspecified atom stereocenters. The van der Waals surface area contributed by atoms with Gasteiger partial charge < -0.3 is 18.9 Å². The minimum Gasteiger partial charge on any atom is -0.489 e. The van der Waals surface area contributed by atoms with Crippen molar-refractivity contribution >= 4 is 6.08 Å². The van der Waals surface area contributed by atoms with Gasteiger partial charge in [0.15, 0.2) is 0 Å². The van der Waals surface area contributed by atoms with Crippen molar-refractivity contribution in [2.75, 3.05) is 0 Å². The number of allylic oxidation sites excluding steroid dienone is 1. The van der Waals surface area contributed by atoms with Crippen molar-refractivity contribution in [1.82, 2.24) is 9.97 Å². The number of ether oxygens (including phenoxy) is 4. The SMILES string of the molecule is CC(C)(C)CCCc1ccc(O[C@H]2C[C@H](OC(C)(C)CCC(C)(C)C/C=C/c3ccc(O[C@H]4C[C@H](OC(C)(C)C)C4)cn3)C2)cn1. The fourth-order valence-corrected chi connectivity index (χ4v) is 6.04. The summed E-state index contributed by atoms with van der Waals surface area (Å²) in [7, 11) is 0. The molecule has 0 radical (unpaired) electrons. The Hall–Kier alpha value is -2.44. The number of pyridine rings is 2. The van der Waals surface area contributed by atoms with Gasteiger partial charge in [-0.25, -0.2) is 0 Å². The van der Waals surface area contributed by atoms with Gasteiger partial charge in [-0.05, 0) is 114 Å². The minimum absolute atomic E-state index is 0.0992. The van der Waals surface area contributed by atoms with Gasteiger partial charge in [0.25, 0.3) is 0 Å². The van der Waals surface area contributed by atoms with E-state index in [4.69, 9.17) is 18.9 Å². The van der Waals surface area contributed by atoms with Gasteiger partial charge >= 0.3 is 0 Å². The number of aryl methyl sites for hydroxylation is 1. The van der Waals surface area contributed by atoms with Gasteiger partial charge in [-0.2, -0.15) is 0 Å². The fraction of sp³-hybridized carbons (Fsp3) is 0.700. The summed E-state index contributed by atoms with van der Waals surface area (Å²) in [5.41, 5.74) is 2.39. The molecule has 2 aliphatic rings. The van der Waals surface area contributed by atoms with Crippen molar-refractivity contribution in [2.45, 2.75) is 169 Å². The molecule has 0 spiro atoms. The predicted octanol–water partition coefficient (Wildman–Crippen LogP) is 10.2. The standard InChI is InChI=1S/C40H62N2O4/c1-37(2,3)19-11-13-29-15-17-32(27-41-29)44-34-25-36(26-34)46-40(9,10)22-21-39(7,8)20-12-14-30-16-18-31(28-42-30)43-33-23-35(24-33)45-38(4,5)6/h12,14-18,27-28,33-36H,11,13,19-26H2,1-10H3/b14-12+/t33-,34-,35-,36-. The van der Waals surface area contributed by atoms with Gasteiger partial charge in [-0.1, -0.05) is 40.7 Å². The fourth-order valence-electron chi connectivity index (χ4n) is 6.04. The monoisotopic (exact) mass is 634 g/mol. The van der Waals surface area contributed by atoms with Gasteiger partial charge in [0.2, 0.25) is 0 Å². The zero-order chi connectivity index (χ0) is 33.6. The van der Waals surface area contributed by atoms with Crippen LogP contribution in [0.25, 0.3) is 6.08 Å². The first-order valence-corrected chi connectivity index (χ1v) is 17.7. The Balaban J connectivity index is 1.10. The van der Waals surface area contributed by atoms with Crippen LogP contribution in [-0.4, -0.2) is 45.6 Å². The van der Waals surface area contributed by atoms with E-state index in [2.05, 4.69) is 103 Å². The van der Waals surface area contributed by atoms with Crippen molar-refractivity contribution in [3.63, 3.8) is 0 Å². The molecule has 0 saturated heterocycles. The van der Waals surface area contributed by atoms with Gasteiger partial charge in [-0.3, -0.25) is 9.97 Å². The normalized spacial score (nSPS) is 22.4. The van der Waals surface area contributed by atoms with E-state index in [0.29, 0.717) is 11.5 Å². The lowest BCUT2D eigenvalue weighted by atomic mass is 9.81. The summed E-state index contributed by atoms with van der Waals surface area (Å²) in [5, 5.41) is 0. The highest BCUT2D eigenvalue weighted by atomic mass is 16.5. The van der Waals surface area contributed by atoms with Crippen LogP contribution in [0.5, 0.6) is 11.5 Å². The van der Waals surface area contributed by atoms with Crippen molar-refractivity contribution in [2.24, 2.45) is 10.8 Å². The van der Waals surface area contributed by atoms with Gasteiger partial charge in [0.05, 0.1) is 41.5 Å². The number of hydrogen-bond donors (Lipinski definition) is 0. The second-order valence-corrected chi connectivity index (χ2v) is 17.4. The minimum atomic E-state index is -0.163. The maximum Gasteiger partial charge on any atom is 0.138 e. The summed E-state index contributed by atoms with van der Waals surface area (Å²) < 4.78 is 24.8. The number of aromatic nitrogens is 2. The molecule has 2 heterocycles. The topological polar surface area (TPSA) is 62.7 Å². The second-order valence-electron chi connectivity index (χ2n) is 17.4. The third-order valence-corrected chi connectivity index (χ3v) is 8.99. The van der Waals surface area contributed by atoms with Gasteiger partial charge in [0, 0.05) is 31.4 Å². The van der Waals surface area contributed by atoms with Crippen LogP contribution in [0.4, 0.5) is 0 Å². The lowest BCUT2D eigenvalue weighted by molar-refractivity contribution is -0.139. The smallest absolute Gasteiger partial charge is 0.138 e. The molecule has 0 aliphatic heterocycles. The molecule has 0 bridgehead atoms. The number of rotatable bonds is 16. The summed E-state index contributed by atoms with van der Waals surface area (Å²) in [5.74, 6) is 1.70. The van der Waals surface area contributed by atoms with E-state index < -0.39 is 0 Å². The Morgan fingerprint density at radius 2 is 1.26 bits per heavy atom. The average Bonchev–Trinajstić information content (AvgIpc) is 2.90. The molecule has 256 valence electrons. The molecule has 6 heteroatoms. The van der Waals surface area contributed by atoms with E-state index in [-0.39, 0.29) is 34.9 Å². The van der Waals surface area contributed by atoms with E-state index in [0.717, 1.165) is 74.3 Å². The maximum atomic E-state index is 6.54. The van der Waals surface area contributed by atoms with Gasteiger partial charge in [0.1, 0.15) is 23.7 Å². The average molecular weight is 635 g/mol. The second kappa shape index (κ2) is 15.2. The quantitative estimate of drug-likeness (QED) is 0.183. The van der Waals surface area contributed by atoms with Crippen LogP contribution in [0.2, 0.25) is 0 Å². The lowest BCUT2D eigenvalue weighted by Gasteiger charge is -2.41. The first-order chi connectivity index (χ1) is 21.4. The molecule has 2 aromatic rings. The first-order valence-electron chi connectivity index (χ1n) is 17.7. The van der Waals surface area contributed by atoms with Crippen molar-refractivity contribution in [1.29, 1.82) is 0 Å². The van der Waals surface area contributed by atoms with E-state index in [1.165, 1.54) is 12.8 Å². The third kappa shape index (κ3) is 13.0. The van der Waals surface area contributed by atoms with E-state index in [1.807, 2.05) is 24.5 Å².